The maximum atomic E-state index is 13.7. The van der Waals surface area contributed by atoms with Crippen molar-refractivity contribution in [3.05, 3.63) is 34.9 Å². The van der Waals surface area contributed by atoms with E-state index in [2.05, 4.69) is 0 Å². The van der Waals surface area contributed by atoms with Crippen molar-refractivity contribution in [1.82, 2.24) is 0 Å². The van der Waals surface area contributed by atoms with E-state index in [1.807, 2.05) is 6.07 Å². The fourth-order valence-corrected chi connectivity index (χ4v) is 5.20. The zero-order chi connectivity index (χ0) is 21.6. The average molecular weight is 419 g/mol. The molecule has 0 spiro atoms. The summed E-state index contributed by atoms with van der Waals surface area (Å²) in [6.07, 6.45) is 0.578. The van der Waals surface area contributed by atoms with Crippen LogP contribution in [0.4, 0.5) is 13.2 Å². The lowest BCUT2D eigenvalue weighted by Crippen LogP contribution is -2.48. The van der Waals surface area contributed by atoms with Gasteiger partial charge in [0, 0.05) is 6.42 Å². The molecule has 0 aromatic heterocycles. The van der Waals surface area contributed by atoms with Crippen LogP contribution in [0.5, 0.6) is 0 Å². The summed E-state index contributed by atoms with van der Waals surface area (Å²) in [5.41, 5.74) is -2.17. The number of benzene rings is 1. The second-order valence-electron chi connectivity index (χ2n) is 8.98. The van der Waals surface area contributed by atoms with Gasteiger partial charge in [-0.15, -0.1) is 0 Å². The first-order chi connectivity index (χ1) is 14.2. The SMILES string of the molecule is N#CC1(c2ccc(CCC3(C4CCCC4)CC(=O)CC(=O)O3)cc2C(F)(F)F)CC1. The van der Waals surface area contributed by atoms with Gasteiger partial charge < -0.3 is 4.74 Å². The highest BCUT2D eigenvalue weighted by atomic mass is 19.4. The number of alkyl halides is 3. The van der Waals surface area contributed by atoms with E-state index in [0.29, 0.717) is 24.8 Å². The molecule has 1 saturated heterocycles. The third-order valence-electron chi connectivity index (χ3n) is 6.96. The third kappa shape index (κ3) is 3.84. The lowest BCUT2D eigenvalue weighted by atomic mass is 9.76. The lowest BCUT2D eigenvalue weighted by molar-refractivity contribution is -0.178. The van der Waals surface area contributed by atoms with Crippen molar-refractivity contribution in [1.29, 1.82) is 5.26 Å². The van der Waals surface area contributed by atoms with E-state index in [4.69, 9.17) is 4.74 Å². The average Bonchev–Trinajstić information content (AvgIpc) is 3.27. The largest absolute Gasteiger partial charge is 0.458 e. The van der Waals surface area contributed by atoms with Crippen LogP contribution in [0.2, 0.25) is 0 Å². The molecular weight excluding hydrogens is 395 g/mol. The van der Waals surface area contributed by atoms with Crippen LogP contribution in [0.25, 0.3) is 0 Å². The van der Waals surface area contributed by atoms with Gasteiger partial charge >= 0.3 is 12.1 Å². The quantitative estimate of drug-likeness (QED) is 0.496. The second-order valence-corrected chi connectivity index (χ2v) is 8.98. The van der Waals surface area contributed by atoms with E-state index >= 15 is 0 Å². The zero-order valence-electron chi connectivity index (χ0n) is 16.7. The van der Waals surface area contributed by atoms with Crippen LogP contribution in [0.1, 0.15) is 74.5 Å². The van der Waals surface area contributed by atoms with E-state index in [1.165, 1.54) is 6.07 Å². The molecule has 1 unspecified atom stereocenters. The van der Waals surface area contributed by atoms with E-state index in [-0.39, 0.29) is 36.5 Å². The number of cyclic esters (lactones) is 1. The van der Waals surface area contributed by atoms with Crippen molar-refractivity contribution in [3.8, 4) is 6.07 Å². The minimum Gasteiger partial charge on any atom is -0.458 e. The Labute approximate surface area is 173 Å². The van der Waals surface area contributed by atoms with Gasteiger partial charge in [0.1, 0.15) is 17.8 Å². The van der Waals surface area contributed by atoms with Crippen molar-refractivity contribution in [2.75, 3.05) is 0 Å². The molecule has 4 rings (SSSR count). The number of rotatable bonds is 5. The number of carbonyl (C=O) groups excluding carboxylic acids is 2. The van der Waals surface area contributed by atoms with Crippen molar-refractivity contribution < 1.29 is 27.5 Å². The Morgan fingerprint density at radius 3 is 2.43 bits per heavy atom. The fourth-order valence-electron chi connectivity index (χ4n) is 5.20. The number of ether oxygens (including phenoxy) is 1. The molecule has 1 atom stereocenters. The first kappa shape index (κ1) is 20.9. The first-order valence-electron chi connectivity index (χ1n) is 10.5. The molecule has 1 heterocycles. The van der Waals surface area contributed by atoms with Gasteiger partial charge in [-0.3, -0.25) is 9.59 Å². The monoisotopic (exact) mass is 419 g/mol. The number of halogens is 3. The van der Waals surface area contributed by atoms with Crippen LogP contribution in [-0.4, -0.2) is 17.4 Å². The molecule has 0 amide bonds. The van der Waals surface area contributed by atoms with E-state index in [0.717, 1.165) is 31.7 Å². The number of aryl methyl sites for hydroxylation is 1. The molecule has 160 valence electrons. The van der Waals surface area contributed by atoms with Crippen LogP contribution < -0.4 is 0 Å². The predicted octanol–water partition coefficient (Wildman–Crippen LogP) is 5.03. The number of hydrogen-bond donors (Lipinski definition) is 0. The fraction of sp³-hybridized carbons (Fsp3) is 0.609. The van der Waals surface area contributed by atoms with Crippen LogP contribution >= 0.6 is 0 Å². The minimum absolute atomic E-state index is 0.0472. The van der Waals surface area contributed by atoms with Gasteiger partial charge in [0.15, 0.2) is 0 Å². The smallest absolute Gasteiger partial charge is 0.416 e. The van der Waals surface area contributed by atoms with E-state index < -0.39 is 28.7 Å². The standard InChI is InChI=1S/C23H24F3NO3/c24-23(25,26)19-11-15(5-6-18(19)21(14-27)9-10-21)7-8-22(16-3-1-2-4-16)13-17(28)12-20(29)30-22/h5-6,11,16H,1-4,7-10,12-13H2. The molecule has 1 aliphatic heterocycles. The minimum atomic E-state index is -4.55. The van der Waals surface area contributed by atoms with Gasteiger partial charge in [0.25, 0.3) is 0 Å². The van der Waals surface area contributed by atoms with Crippen molar-refractivity contribution >= 4 is 11.8 Å². The lowest BCUT2D eigenvalue weighted by Gasteiger charge is -2.41. The molecule has 1 aromatic rings. The normalized spacial score (nSPS) is 26.3. The van der Waals surface area contributed by atoms with E-state index in [1.54, 1.807) is 6.07 Å². The van der Waals surface area contributed by atoms with Crippen LogP contribution in [0.3, 0.4) is 0 Å². The Morgan fingerprint density at radius 2 is 1.87 bits per heavy atom. The highest BCUT2D eigenvalue weighted by molar-refractivity contribution is 5.98. The summed E-state index contributed by atoms with van der Waals surface area (Å²) in [7, 11) is 0. The van der Waals surface area contributed by atoms with E-state index in [9.17, 15) is 28.0 Å². The number of carbonyl (C=O) groups is 2. The van der Waals surface area contributed by atoms with Crippen LogP contribution in [-0.2, 0) is 32.3 Å². The Balaban J connectivity index is 1.61. The molecule has 0 bridgehead atoms. The van der Waals surface area contributed by atoms with Gasteiger partial charge in [-0.1, -0.05) is 25.0 Å². The number of Topliss-reactive ketones (excluding diaryl/α,β-unsaturated/α-hetero) is 1. The molecule has 0 N–H and O–H groups in total. The third-order valence-corrected chi connectivity index (χ3v) is 6.96. The van der Waals surface area contributed by atoms with Crippen molar-refractivity contribution in [3.63, 3.8) is 0 Å². The molecule has 30 heavy (non-hydrogen) atoms. The van der Waals surface area contributed by atoms with Gasteiger partial charge in [-0.05, 0) is 61.6 Å². The summed E-state index contributed by atoms with van der Waals surface area (Å²) in [5, 5.41) is 9.35. The van der Waals surface area contributed by atoms with Gasteiger partial charge in [-0.2, -0.15) is 18.4 Å². The van der Waals surface area contributed by atoms with Gasteiger partial charge in [0.05, 0.1) is 17.0 Å². The Kier molecular flexibility index (Phi) is 5.16. The Hall–Kier alpha value is -2.36. The summed E-state index contributed by atoms with van der Waals surface area (Å²) in [6, 6.07) is 6.23. The predicted molar refractivity (Wildman–Crippen MR) is 101 cm³/mol. The first-order valence-corrected chi connectivity index (χ1v) is 10.5. The van der Waals surface area contributed by atoms with Crippen molar-refractivity contribution in [2.45, 2.75) is 81.4 Å². The summed E-state index contributed by atoms with van der Waals surface area (Å²) in [4.78, 5) is 24.2. The molecule has 7 heteroatoms. The summed E-state index contributed by atoms with van der Waals surface area (Å²) in [5.74, 6) is -0.622. The molecule has 2 saturated carbocycles. The maximum absolute atomic E-state index is 13.7. The van der Waals surface area contributed by atoms with Crippen LogP contribution in [0, 0.1) is 17.2 Å². The molecule has 4 nitrogen and oxygen atoms in total. The highest BCUT2D eigenvalue weighted by Crippen LogP contribution is 2.52. The van der Waals surface area contributed by atoms with Crippen LogP contribution in [0.15, 0.2) is 18.2 Å². The second kappa shape index (κ2) is 7.40. The molecule has 3 aliphatic rings. The van der Waals surface area contributed by atoms with Gasteiger partial charge in [-0.25, -0.2) is 0 Å². The molecular formula is C23H24F3NO3. The summed E-state index contributed by atoms with van der Waals surface area (Å²) < 4.78 is 46.9. The topological polar surface area (TPSA) is 67.2 Å². The molecule has 0 radical (unpaired) electrons. The molecule has 1 aromatic carbocycles. The summed E-state index contributed by atoms with van der Waals surface area (Å²) >= 11 is 0. The molecule has 3 fully saturated rings. The number of esters is 1. The number of ketones is 1. The number of nitrogens with zero attached hydrogens (tertiary/aromatic N) is 1. The summed E-state index contributed by atoms with van der Waals surface area (Å²) in [6.45, 7) is 0. The highest BCUT2D eigenvalue weighted by Gasteiger charge is 2.50. The number of hydrogen-bond acceptors (Lipinski definition) is 4. The maximum Gasteiger partial charge on any atom is 0.416 e. The van der Waals surface area contributed by atoms with Crippen molar-refractivity contribution in [2.24, 2.45) is 5.92 Å². The zero-order valence-corrected chi connectivity index (χ0v) is 16.7. The Morgan fingerprint density at radius 1 is 1.17 bits per heavy atom. The molecule has 2 aliphatic carbocycles. The Bertz CT molecular complexity index is 889. The number of nitriles is 1. The van der Waals surface area contributed by atoms with Gasteiger partial charge in [0.2, 0.25) is 0 Å².